The fourth-order valence-corrected chi connectivity index (χ4v) is 3.13. The van der Waals surface area contributed by atoms with Crippen LogP contribution in [0.25, 0.3) is 0 Å². The van der Waals surface area contributed by atoms with Crippen molar-refractivity contribution in [3.05, 3.63) is 21.9 Å². The number of carboxylic acids is 1. The van der Waals surface area contributed by atoms with E-state index in [9.17, 15) is 9.59 Å². The van der Waals surface area contributed by atoms with E-state index in [1.807, 2.05) is 12.3 Å². The first-order valence-corrected chi connectivity index (χ1v) is 7.11. The maximum absolute atomic E-state index is 12.2. The normalized spacial score (nSPS) is 17.9. The second kappa shape index (κ2) is 5.71. The van der Waals surface area contributed by atoms with Crippen LogP contribution in [0.4, 0.5) is 0 Å². The van der Waals surface area contributed by atoms with Crippen LogP contribution < -0.4 is 5.32 Å². The Kier molecular flexibility index (Phi) is 4.21. The second-order valence-electron chi connectivity index (χ2n) is 4.89. The standard InChI is InChI=1S/C13H17NO4S/c1-9-7-19-8-10(9)12(17)14-13(6-11(15)16)2-4-18-5-3-13/h7-8H,2-6H2,1H3,(H,14,17)(H,15,16). The number of rotatable bonds is 4. The zero-order chi connectivity index (χ0) is 13.9. The van der Waals surface area contributed by atoms with Crippen molar-refractivity contribution in [2.45, 2.75) is 31.7 Å². The molecule has 6 heteroatoms. The number of aryl methyl sites for hydroxylation is 1. The molecule has 1 aliphatic rings. The highest BCUT2D eigenvalue weighted by Gasteiger charge is 2.36. The van der Waals surface area contributed by atoms with Gasteiger partial charge in [-0.2, -0.15) is 11.3 Å². The highest BCUT2D eigenvalue weighted by Crippen LogP contribution is 2.26. The van der Waals surface area contributed by atoms with Crippen LogP contribution >= 0.6 is 11.3 Å². The molecule has 1 fully saturated rings. The number of hydrogen-bond donors (Lipinski definition) is 2. The minimum Gasteiger partial charge on any atom is -0.481 e. The second-order valence-corrected chi connectivity index (χ2v) is 5.63. The predicted molar refractivity (Wildman–Crippen MR) is 71.6 cm³/mol. The lowest BCUT2D eigenvalue weighted by Crippen LogP contribution is -2.53. The predicted octanol–water partition coefficient (Wildman–Crippen LogP) is 1.81. The van der Waals surface area contributed by atoms with Gasteiger partial charge >= 0.3 is 5.97 Å². The fraction of sp³-hybridized carbons (Fsp3) is 0.538. The molecule has 104 valence electrons. The van der Waals surface area contributed by atoms with E-state index in [-0.39, 0.29) is 12.3 Å². The van der Waals surface area contributed by atoms with Crippen LogP contribution in [-0.2, 0) is 9.53 Å². The SMILES string of the molecule is Cc1cscc1C(=O)NC1(CC(=O)O)CCOCC1. The lowest BCUT2D eigenvalue weighted by Gasteiger charge is -2.36. The lowest BCUT2D eigenvalue weighted by atomic mass is 9.86. The maximum Gasteiger partial charge on any atom is 0.305 e. The molecule has 2 N–H and O–H groups in total. The van der Waals surface area contributed by atoms with Gasteiger partial charge in [0.15, 0.2) is 0 Å². The van der Waals surface area contributed by atoms with Gasteiger partial charge in [-0.1, -0.05) is 0 Å². The van der Waals surface area contributed by atoms with Crippen LogP contribution in [-0.4, -0.2) is 35.7 Å². The fourth-order valence-electron chi connectivity index (χ4n) is 2.30. The molecule has 2 heterocycles. The van der Waals surface area contributed by atoms with E-state index in [1.165, 1.54) is 11.3 Å². The van der Waals surface area contributed by atoms with Gasteiger partial charge in [0.1, 0.15) is 0 Å². The van der Waals surface area contributed by atoms with Crippen molar-refractivity contribution in [2.24, 2.45) is 0 Å². The van der Waals surface area contributed by atoms with Gasteiger partial charge in [-0.3, -0.25) is 9.59 Å². The average Bonchev–Trinajstić information content (AvgIpc) is 2.75. The van der Waals surface area contributed by atoms with Gasteiger partial charge in [-0.15, -0.1) is 0 Å². The van der Waals surface area contributed by atoms with Gasteiger partial charge < -0.3 is 15.2 Å². The van der Waals surface area contributed by atoms with E-state index in [0.29, 0.717) is 31.6 Å². The highest BCUT2D eigenvalue weighted by molar-refractivity contribution is 7.08. The third-order valence-corrected chi connectivity index (χ3v) is 4.28. The summed E-state index contributed by atoms with van der Waals surface area (Å²) in [7, 11) is 0. The summed E-state index contributed by atoms with van der Waals surface area (Å²) in [5.74, 6) is -1.09. The molecule has 0 bridgehead atoms. The van der Waals surface area contributed by atoms with Crippen molar-refractivity contribution in [2.75, 3.05) is 13.2 Å². The largest absolute Gasteiger partial charge is 0.481 e. The number of thiophene rings is 1. The zero-order valence-corrected chi connectivity index (χ0v) is 11.6. The van der Waals surface area contributed by atoms with Gasteiger partial charge in [0.05, 0.1) is 17.5 Å². The Bertz CT molecular complexity index is 477. The molecule has 0 aliphatic carbocycles. The summed E-state index contributed by atoms with van der Waals surface area (Å²) in [6.45, 7) is 2.84. The van der Waals surface area contributed by atoms with Crippen LogP contribution in [0.15, 0.2) is 10.8 Å². The highest BCUT2D eigenvalue weighted by atomic mass is 32.1. The number of ether oxygens (including phenoxy) is 1. The van der Waals surface area contributed by atoms with E-state index < -0.39 is 11.5 Å². The van der Waals surface area contributed by atoms with Gasteiger partial charge in [0, 0.05) is 18.6 Å². The Labute approximate surface area is 115 Å². The number of carboxylic acid groups (broad SMARTS) is 1. The summed E-state index contributed by atoms with van der Waals surface area (Å²) in [4.78, 5) is 23.3. The van der Waals surface area contributed by atoms with Gasteiger partial charge in [0.2, 0.25) is 0 Å². The van der Waals surface area contributed by atoms with Gasteiger partial charge in [0.25, 0.3) is 5.91 Å². The van der Waals surface area contributed by atoms with Crippen molar-refractivity contribution in [3.63, 3.8) is 0 Å². The maximum atomic E-state index is 12.2. The molecule has 1 saturated heterocycles. The minimum atomic E-state index is -0.899. The molecule has 19 heavy (non-hydrogen) atoms. The van der Waals surface area contributed by atoms with Crippen LogP contribution in [0, 0.1) is 6.92 Å². The monoisotopic (exact) mass is 283 g/mol. The lowest BCUT2D eigenvalue weighted by molar-refractivity contribution is -0.139. The molecule has 5 nitrogen and oxygen atoms in total. The molecule has 0 unspecified atom stereocenters. The Morgan fingerprint density at radius 1 is 1.42 bits per heavy atom. The molecular weight excluding hydrogens is 266 g/mol. The number of carbonyl (C=O) groups excluding carboxylic acids is 1. The van der Waals surface area contributed by atoms with Crippen molar-refractivity contribution in [1.29, 1.82) is 0 Å². The Balaban J connectivity index is 2.14. The molecule has 0 atom stereocenters. The average molecular weight is 283 g/mol. The van der Waals surface area contributed by atoms with Crippen molar-refractivity contribution >= 4 is 23.2 Å². The smallest absolute Gasteiger partial charge is 0.305 e. The summed E-state index contributed by atoms with van der Waals surface area (Å²) < 4.78 is 5.26. The number of aliphatic carboxylic acids is 1. The quantitative estimate of drug-likeness (QED) is 0.883. The number of carbonyl (C=O) groups is 2. The Hall–Kier alpha value is -1.40. The van der Waals surface area contributed by atoms with E-state index in [1.54, 1.807) is 5.38 Å². The first-order chi connectivity index (χ1) is 9.02. The summed E-state index contributed by atoms with van der Waals surface area (Å²) in [6, 6.07) is 0. The first-order valence-electron chi connectivity index (χ1n) is 6.17. The van der Waals surface area contributed by atoms with Crippen LogP contribution in [0.3, 0.4) is 0 Å². The van der Waals surface area contributed by atoms with E-state index in [2.05, 4.69) is 5.32 Å². The molecular formula is C13H17NO4S. The van der Waals surface area contributed by atoms with E-state index in [0.717, 1.165) is 5.56 Å². The van der Waals surface area contributed by atoms with Gasteiger partial charge in [-0.25, -0.2) is 0 Å². The summed E-state index contributed by atoms with van der Waals surface area (Å²) >= 11 is 1.47. The summed E-state index contributed by atoms with van der Waals surface area (Å²) in [6.07, 6.45) is 1.01. The number of nitrogens with one attached hydrogen (secondary N) is 1. The van der Waals surface area contributed by atoms with Crippen molar-refractivity contribution < 1.29 is 19.4 Å². The van der Waals surface area contributed by atoms with Crippen LogP contribution in [0.2, 0.25) is 0 Å². The molecule has 2 rings (SSSR count). The topological polar surface area (TPSA) is 75.6 Å². The Morgan fingerprint density at radius 2 is 2.11 bits per heavy atom. The zero-order valence-electron chi connectivity index (χ0n) is 10.8. The Morgan fingerprint density at radius 3 is 2.63 bits per heavy atom. The van der Waals surface area contributed by atoms with Crippen molar-refractivity contribution in [3.8, 4) is 0 Å². The molecule has 0 radical (unpaired) electrons. The van der Waals surface area contributed by atoms with Crippen LogP contribution in [0.1, 0.15) is 35.2 Å². The minimum absolute atomic E-state index is 0.0642. The van der Waals surface area contributed by atoms with Gasteiger partial charge in [-0.05, 0) is 30.7 Å². The number of hydrogen-bond acceptors (Lipinski definition) is 4. The van der Waals surface area contributed by atoms with Crippen LogP contribution in [0.5, 0.6) is 0 Å². The summed E-state index contributed by atoms with van der Waals surface area (Å²) in [5, 5.41) is 15.6. The molecule has 0 saturated carbocycles. The third-order valence-electron chi connectivity index (χ3n) is 3.42. The third kappa shape index (κ3) is 3.33. The molecule has 0 aromatic carbocycles. The molecule has 1 aliphatic heterocycles. The van der Waals surface area contributed by atoms with E-state index >= 15 is 0 Å². The first kappa shape index (κ1) is 14.0. The molecule has 1 aromatic heterocycles. The molecule has 1 amide bonds. The number of amides is 1. The molecule has 0 spiro atoms. The summed E-state index contributed by atoms with van der Waals surface area (Å²) in [5.41, 5.74) is 0.858. The molecule has 1 aromatic rings. The van der Waals surface area contributed by atoms with E-state index in [4.69, 9.17) is 9.84 Å². The van der Waals surface area contributed by atoms with Crippen molar-refractivity contribution in [1.82, 2.24) is 5.32 Å².